The highest BCUT2D eigenvalue weighted by atomic mass is 32.2. The van der Waals surface area contributed by atoms with E-state index in [-0.39, 0.29) is 10.8 Å². The number of aromatic nitrogens is 2. The number of carbonyl (C=O) groups excluding carboxylic acids is 1. The largest absolute Gasteiger partial charge is 0.296 e. The molecule has 0 aliphatic carbocycles. The fourth-order valence-electron chi connectivity index (χ4n) is 2.75. The Bertz CT molecular complexity index is 855. The first-order chi connectivity index (χ1) is 12.9. The van der Waals surface area contributed by atoms with E-state index >= 15 is 0 Å². The Morgan fingerprint density at radius 3 is 2.19 bits per heavy atom. The zero-order chi connectivity index (χ0) is 20.0. The monoisotopic (exact) mass is 410 g/mol. The molecular weight excluding hydrogens is 384 g/mol. The summed E-state index contributed by atoms with van der Waals surface area (Å²) in [4.78, 5) is 12.6. The second kappa shape index (κ2) is 9.38. The highest BCUT2D eigenvalue weighted by Crippen LogP contribution is 2.28. The average Bonchev–Trinajstić information content (AvgIpc) is 3.12. The molecule has 9 heteroatoms. The molecule has 0 aliphatic heterocycles. The number of carbonyl (C=O) groups is 1. The Labute approximate surface area is 164 Å². The van der Waals surface area contributed by atoms with Gasteiger partial charge in [0.05, 0.1) is 4.90 Å². The van der Waals surface area contributed by atoms with Gasteiger partial charge in [-0.1, -0.05) is 39.0 Å². The lowest BCUT2D eigenvalue weighted by Gasteiger charge is -2.18. The van der Waals surface area contributed by atoms with Crippen molar-refractivity contribution in [3.8, 4) is 0 Å². The fraction of sp³-hybridized carbons (Fsp3) is 0.500. The first kappa shape index (κ1) is 21.5. The van der Waals surface area contributed by atoms with E-state index < -0.39 is 10.0 Å². The molecule has 2 rings (SSSR count). The minimum absolute atomic E-state index is 0.176. The van der Waals surface area contributed by atoms with Crippen molar-refractivity contribution in [3.63, 3.8) is 0 Å². The van der Waals surface area contributed by atoms with Crippen molar-refractivity contribution < 1.29 is 13.2 Å². The van der Waals surface area contributed by atoms with Gasteiger partial charge in [0.25, 0.3) is 5.91 Å². The van der Waals surface area contributed by atoms with Gasteiger partial charge in [0.1, 0.15) is 5.01 Å². The summed E-state index contributed by atoms with van der Waals surface area (Å²) in [6.45, 7) is 8.58. The second-order valence-electron chi connectivity index (χ2n) is 6.03. The summed E-state index contributed by atoms with van der Waals surface area (Å²) in [6, 6.07) is 5.93. The first-order valence-electron chi connectivity index (χ1n) is 9.12. The zero-order valence-electron chi connectivity index (χ0n) is 16.1. The van der Waals surface area contributed by atoms with E-state index in [1.165, 1.54) is 39.9 Å². The smallest absolute Gasteiger partial charge is 0.257 e. The highest BCUT2D eigenvalue weighted by molar-refractivity contribution is 7.89. The molecule has 0 fully saturated rings. The molecule has 7 nitrogen and oxygen atoms in total. The van der Waals surface area contributed by atoms with Crippen LogP contribution in [0, 0.1) is 0 Å². The van der Waals surface area contributed by atoms with Gasteiger partial charge in [-0.3, -0.25) is 10.1 Å². The Hall–Kier alpha value is -1.84. The quantitative estimate of drug-likeness (QED) is 0.680. The molecule has 1 aromatic heterocycles. The minimum atomic E-state index is -3.53. The maximum absolute atomic E-state index is 12.5. The van der Waals surface area contributed by atoms with Gasteiger partial charge in [0, 0.05) is 24.6 Å². The van der Waals surface area contributed by atoms with Gasteiger partial charge in [0.2, 0.25) is 15.2 Å². The summed E-state index contributed by atoms with van der Waals surface area (Å²) in [5.74, 6) is 0.00625. The van der Waals surface area contributed by atoms with E-state index in [0.29, 0.717) is 29.7 Å². The molecule has 1 aromatic carbocycles. The summed E-state index contributed by atoms with van der Waals surface area (Å²) in [7, 11) is -3.53. The molecule has 0 unspecified atom stereocenters. The van der Waals surface area contributed by atoms with Gasteiger partial charge in [-0.05, 0) is 37.1 Å². The number of hydrogen-bond acceptors (Lipinski definition) is 6. The van der Waals surface area contributed by atoms with Crippen LogP contribution in [0.1, 0.15) is 61.8 Å². The number of nitrogens with one attached hydrogen (secondary N) is 1. The second-order valence-corrected chi connectivity index (χ2v) is 8.97. The van der Waals surface area contributed by atoms with E-state index in [9.17, 15) is 13.2 Å². The van der Waals surface area contributed by atoms with Crippen molar-refractivity contribution in [1.29, 1.82) is 0 Å². The minimum Gasteiger partial charge on any atom is -0.296 e. The molecule has 0 saturated heterocycles. The number of amides is 1. The summed E-state index contributed by atoms with van der Waals surface area (Å²) < 4.78 is 26.4. The van der Waals surface area contributed by atoms with Crippen molar-refractivity contribution in [2.75, 3.05) is 18.4 Å². The molecule has 0 aliphatic rings. The van der Waals surface area contributed by atoms with Gasteiger partial charge in [0.15, 0.2) is 0 Å². The Balaban J connectivity index is 2.12. The molecule has 148 valence electrons. The van der Waals surface area contributed by atoms with Gasteiger partial charge in [-0.15, -0.1) is 10.2 Å². The summed E-state index contributed by atoms with van der Waals surface area (Å²) >= 11 is 1.37. The van der Waals surface area contributed by atoms with Crippen molar-refractivity contribution in [1.82, 2.24) is 14.5 Å². The van der Waals surface area contributed by atoms with Crippen molar-refractivity contribution in [2.45, 2.75) is 51.3 Å². The van der Waals surface area contributed by atoms with E-state index in [2.05, 4.69) is 29.4 Å². The van der Waals surface area contributed by atoms with Crippen molar-refractivity contribution in [3.05, 3.63) is 34.8 Å². The predicted molar refractivity (Wildman–Crippen MR) is 108 cm³/mol. The maximum Gasteiger partial charge on any atom is 0.257 e. The highest BCUT2D eigenvalue weighted by Gasteiger charge is 2.22. The van der Waals surface area contributed by atoms with Crippen LogP contribution < -0.4 is 5.32 Å². The molecule has 0 saturated carbocycles. The Morgan fingerprint density at radius 2 is 1.67 bits per heavy atom. The third-order valence-corrected chi connectivity index (χ3v) is 7.52. The van der Waals surface area contributed by atoms with Crippen LogP contribution in [0.15, 0.2) is 29.2 Å². The van der Waals surface area contributed by atoms with Crippen LogP contribution in [0.5, 0.6) is 0 Å². The lowest BCUT2D eigenvalue weighted by molar-refractivity contribution is 0.102. The third kappa shape index (κ3) is 4.91. The van der Waals surface area contributed by atoms with Gasteiger partial charge < -0.3 is 0 Å². The summed E-state index contributed by atoms with van der Waals surface area (Å²) in [6.07, 6.45) is 1.95. The number of sulfonamides is 1. The Kier molecular flexibility index (Phi) is 7.46. The van der Waals surface area contributed by atoms with Crippen molar-refractivity contribution >= 4 is 32.4 Å². The van der Waals surface area contributed by atoms with Crippen LogP contribution in [-0.2, 0) is 10.0 Å². The lowest BCUT2D eigenvalue weighted by Crippen LogP contribution is -2.30. The van der Waals surface area contributed by atoms with Crippen LogP contribution in [0.25, 0.3) is 0 Å². The lowest BCUT2D eigenvalue weighted by atomic mass is 10.1. The number of benzene rings is 1. The molecule has 1 N–H and O–H groups in total. The standard InChI is InChI=1S/C18H26N4O3S2/c1-5-13(6-2)17-20-21-18(26-17)19-16(23)14-9-11-15(12-10-14)27(24,25)22(7-3)8-4/h9-13H,5-8H2,1-4H3,(H,19,21,23). The van der Waals surface area contributed by atoms with Crippen LogP contribution in [0.4, 0.5) is 5.13 Å². The first-order valence-corrected chi connectivity index (χ1v) is 11.4. The predicted octanol–water partition coefficient (Wildman–Crippen LogP) is 3.72. The molecule has 1 heterocycles. The molecule has 0 spiro atoms. The SMILES string of the molecule is CCC(CC)c1nnc(NC(=O)c2ccc(S(=O)(=O)N(CC)CC)cc2)s1. The van der Waals surface area contributed by atoms with E-state index in [0.717, 1.165) is 17.8 Å². The van der Waals surface area contributed by atoms with Crippen LogP contribution in [-0.4, -0.2) is 41.9 Å². The third-order valence-electron chi connectivity index (χ3n) is 4.46. The normalized spacial score (nSPS) is 11.9. The zero-order valence-corrected chi connectivity index (χ0v) is 17.7. The van der Waals surface area contributed by atoms with E-state index in [4.69, 9.17) is 0 Å². The average molecular weight is 411 g/mol. The molecule has 27 heavy (non-hydrogen) atoms. The molecule has 1 amide bonds. The molecule has 0 atom stereocenters. The van der Waals surface area contributed by atoms with Crippen LogP contribution in [0.2, 0.25) is 0 Å². The molecular formula is C18H26N4O3S2. The maximum atomic E-state index is 12.5. The summed E-state index contributed by atoms with van der Waals surface area (Å²) in [5, 5.41) is 12.3. The number of hydrogen-bond donors (Lipinski definition) is 1. The number of rotatable bonds is 9. The van der Waals surface area contributed by atoms with Gasteiger partial charge >= 0.3 is 0 Å². The van der Waals surface area contributed by atoms with E-state index in [1.807, 2.05) is 0 Å². The van der Waals surface area contributed by atoms with Gasteiger partial charge in [-0.2, -0.15) is 4.31 Å². The molecule has 2 aromatic rings. The van der Waals surface area contributed by atoms with Crippen molar-refractivity contribution in [2.24, 2.45) is 0 Å². The Morgan fingerprint density at radius 1 is 1.07 bits per heavy atom. The number of nitrogens with zero attached hydrogens (tertiary/aromatic N) is 3. The van der Waals surface area contributed by atoms with Crippen LogP contribution in [0.3, 0.4) is 0 Å². The fourth-order valence-corrected chi connectivity index (χ4v) is 5.21. The number of anilines is 1. The summed E-state index contributed by atoms with van der Waals surface area (Å²) in [5.41, 5.74) is 0.368. The van der Waals surface area contributed by atoms with E-state index in [1.54, 1.807) is 13.8 Å². The van der Waals surface area contributed by atoms with Crippen LogP contribution >= 0.6 is 11.3 Å². The topological polar surface area (TPSA) is 92.3 Å². The molecule has 0 radical (unpaired) electrons. The van der Waals surface area contributed by atoms with Gasteiger partial charge in [-0.25, -0.2) is 8.42 Å². The molecule has 0 bridgehead atoms.